The van der Waals surface area contributed by atoms with Gasteiger partial charge in [-0.2, -0.15) is 0 Å². The average Bonchev–Trinajstić information content (AvgIpc) is 2.27. The molecule has 1 rings (SSSR count). The third kappa shape index (κ3) is 3.07. The van der Waals surface area contributed by atoms with E-state index in [9.17, 15) is 0 Å². The van der Waals surface area contributed by atoms with Crippen LogP contribution in [0.4, 0.5) is 0 Å². The summed E-state index contributed by atoms with van der Waals surface area (Å²) in [5.41, 5.74) is 0.662. The normalized spacial score (nSPS) is 9.33. The molecule has 0 heterocycles. The molecule has 0 saturated heterocycles. The Hall–Kier alpha value is 0.180. The van der Waals surface area contributed by atoms with Gasteiger partial charge >= 0.3 is 0 Å². The summed E-state index contributed by atoms with van der Waals surface area (Å²) in [6.07, 6.45) is 0. The molecule has 0 radical (unpaired) electrons. The van der Waals surface area contributed by atoms with Gasteiger partial charge in [0.15, 0.2) is 5.75 Å². The van der Waals surface area contributed by atoms with Gasteiger partial charge in [0.2, 0.25) is 0 Å². The van der Waals surface area contributed by atoms with Crippen molar-refractivity contribution < 1.29 is 4.74 Å². The van der Waals surface area contributed by atoms with Crippen molar-refractivity contribution in [1.82, 2.24) is 0 Å². The zero-order valence-electron chi connectivity index (χ0n) is 8.92. The predicted octanol–water partition coefficient (Wildman–Crippen LogP) is 5.64. The van der Waals surface area contributed by atoms with Gasteiger partial charge in [0.25, 0.3) is 0 Å². The van der Waals surface area contributed by atoms with Crippen LogP contribution in [-0.4, -0.2) is 7.11 Å². The van der Waals surface area contributed by atoms with Crippen molar-refractivity contribution in [2.75, 3.05) is 7.11 Å². The SMILES string of the molecule is CC.COc1c(Cl)c(C)c(Cl)c(Cl)c1Cl. The monoisotopic (exact) mass is 288 g/mol. The van der Waals surface area contributed by atoms with Crippen LogP contribution < -0.4 is 4.74 Å². The zero-order valence-corrected chi connectivity index (χ0v) is 11.9. The Bertz CT molecular complexity index is 321. The molecule has 86 valence electrons. The molecule has 0 aromatic heterocycles. The Morgan fingerprint density at radius 1 is 0.800 bits per heavy atom. The molecule has 0 atom stereocenters. The highest BCUT2D eigenvalue weighted by atomic mass is 35.5. The third-order valence-electron chi connectivity index (χ3n) is 1.65. The summed E-state index contributed by atoms with van der Waals surface area (Å²) in [5.74, 6) is 0.357. The van der Waals surface area contributed by atoms with Crippen LogP contribution in [0.5, 0.6) is 5.75 Å². The van der Waals surface area contributed by atoms with E-state index in [1.807, 2.05) is 13.8 Å². The average molecular weight is 290 g/mol. The van der Waals surface area contributed by atoms with Crippen molar-refractivity contribution in [3.05, 3.63) is 25.7 Å². The number of methoxy groups -OCH3 is 1. The highest BCUT2D eigenvalue weighted by Crippen LogP contribution is 2.45. The zero-order chi connectivity index (χ0) is 12.2. The fraction of sp³-hybridized carbons (Fsp3) is 0.400. The standard InChI is InChI=1S/C8H6Cl4O.C2H6/c1-3-4(9)6(11)7(12)8(13-2)5(3)10;1-2/h1-2H3;1-2H3. The number of hydrogen-bond acceptors (Lipinski definition) is 1. The second-order valence-electron chi connectivity index (χ2n) is 2.41. The van der Waals surface area contributed by atoms with Crippen molar-refractivity contribution in [2.45, 2.75) is 20.8 Å². The molecule has 1 aromatic carbocycles. The molecule has 0 unspecified atom stereocenters. The van der Waals surface area contributed by atoms with Crippen LogP contribution in [0.3, 0.4) is 0 Å². The first-order valence-corrected chi connectivity index (χ1v) is 5.88. The van der Waals surface area contributed by atoms with E-state index in [1.165, 1.54) is 7.11 Å². The maximum absolute atomic E-state index is 5.92. The smallest absolute Gasteiger partial charge is 0.157 e. The molecule has 0 spiro atoms. The Morgan fingerprint density at radius 3 is 1.67 bits per heavy atom. The first-order chi connectivity index (χ1) is 7.00. The van der Waals surface area contributed by atoms with Crippen molar-refractivity contribution in [1.29, 1.82) is 0 Å². The Labute approximate surface area is 110 Å². The van der Waals surface area contributed by atoms with E-state index >= 15 is 0 Å². The van der Waals surface area contributed by atoms with Crippen molar-refractivity contribution in [3.63, 3.8) is 0 Å². The first-order valence-electron chi connectivity index (χ1n) is 4.37. The molecule has 0 saturated carbocycles. The van der Waals surface area contributed by atoms with Gasteiger partial charge in [0.05, 0.1) is 22.2 Å². The molecular weight excluding hydrogens is 278 g/mol. The number of hydrogen-bond donors (Lipinski definition) is 0. The molecule has 0 aliphatic rings. The quantitative estimate of drug-likeness (QED) is 0.480. The van der Waals surface area contributed by atoms with Crippen LogP contribution in [-0.2, 0) is 0 Å². The first kappa shape index (κ1) is 15.2. The van der Waals surface area contributed by atoms with E-state index in [2.05, 4.69) is 0 Å². The van der Waals surface area contributed by atoms with E-state index < -0.39 is 0 Å². The van der Waals surface area contributed by atoms with Gasteiger partial charge in [-0.25, -0.2) is 0 Å². The summed E-state index contributed by atoms with van der Waals surface area (Å²) in [4.78, 5) is 0. The fourth-order valence-corrected chi connectivity index (χ4v) is 2.00. The van der Waals surface area contributed by atoms with Gasteiger partial charge in [-0.15, -0.1) is 0 Å². The summed E-state index contributed by atoms with van der Waals surface area (Å²) in [6, 6.07) is 0. The second kappa shape index (κ2) is 6.70. The van der Waals surface area contributed by atoms with Gasteiger partial charge in [0, 0.05) is 0 Å². The molecule has 0 N–H and O–H groups in total. The molecule has 0 aliphatic heterocycles. The fourth-order valence-electron chi connectivity index (χ4n) is 0.903. The van der Waals surface area contributed by atoms with E-state index in [-0.39, 0.29) is 10.0 Å². The minimum absolute atomic E-state index is 0.241. The van der Waals surface area contributed by atoms with Gasteiger partial charge in [0.1, 0.15) is 5.02 Å². The summed E-state index contributed by atoms with van der Waals surface area (Å²) in [7, 11) is 1.47. The van der Waals surface area contributed by atoms with E-state index in [4.69, 9.17) is 51.1 Å². The predicted molar refractivity (Wildman–Crippen MR) is 69.1 cm³/mol. The number of rotatable bonds is 1. The molecule has 0 aliphatic carbocycles. The highest BCUT2D eigenvalue weighted by Gasteiger charge is 2.17. The number of ether oxygens (including phenoxy) is 1. The van der Waals surface area contributed by atoms with Crippen molar-refractivity contribution in [3.8, 4) is 5.75 Å². The van der Waals surface area contributed by atoms with E-state index in [0.29, 0.717) is 21.4 Å². The van der Waals surface area contributed by atoms with Crippen molar-refractivity contribution in [2.24, 2.45) is 0 Å². The van der Waals surface area contributed by atoms with E-state index in [0.717, 1.165) is 0 Å². The minimum Gasteiger partial charge on any atom is -0.494 e. The van der Waals surface area contributed by atoms with Crippen LogP contribution in [0, 0.1) is 6.92 Å². The summed E-state index contributed by atoms with van der Waals surface area (Å²) in [5, 5.41) is 1.26. The lowest BCUT2D eigenvalue weighted by Gasteiger charge is -2.11. The van der Waals surface area contributed by atoms with Crippen LogP contribution in [0.25, 0.3) is 0 Å². The minimum atomic E-state index is 0.241. The maximum Gasteiger partial charge on any atom is 0.157 e. The summed E-state index contributed by atoms with van der Waals surface area (Å²) < 4.78 is 4.99. The molecule has 0 amide bonds. The van der Waals surface area contributed by atoms with Crippen LogP contribution >= 0.6 is 46.4 Å². The van der Waals surface area contributed by atoms with Crippen LogP contribution in [0.15, 0.2) is 0 Å². The summed E-state index contributed by atoms with van der Waals surface area (Å²) >= 11 is 23.5. The van der Waals surface area contributed by atoms with Crippen LogP contribution in [0.2, 0.25) is 20.1 Å². The Kier molecular flexibility index (Phi) is 6.78. The lowest BCUT2D eigenvalue weighted by molar-refractivity contribution is 0.415. The molecule has 0 bridgehead atoms. The Balaban J connectivity index is 0.000000921. The lowest BCUT2D eigenvalue weighted by atomic mass is 10.2. The third-order valence-corrected chi connectivity index (χ3v) is 3.51. The van der Waals surface area contributed by atoms with Crippen LogP contribution in [0.1, 0.15) is 19.4 Å². The molecular formula is C10H12Cl4O. The topological polar surface area (TPSA) is 9.23 Å². The lowest BCUT2D eigenvalue weighted by Crippen LogP contribution is -1.90. The van der Waals surface area contributed by atoms with Gasteiger partial charge in [-0.05, 0) is 12.5 Å². The maximum atomic E-state index is 5.92. The molecule has 5 heteroatoms. The molecule has 1 aromatic rings. The van der Waals surface area contributed by atoms with E-state index in [1.54, 1.807) is 6.92 Å². The molecule has 15 heavy (non-hydrogen) atoms. The molecule has 0 fully saturated rings. The highest BCUT2D eigenvalue weighted by molar-refractivity contribution is 6.50. The molecule has 1 nitrogen and oxygen atoms in total. The Morgan fingerprint density at radius 2 is 1.27 bits per heavy atom. The van der Waals surface area contributed by atoms with Gasteiger partial charge < -0.3 is 4.74 Å². The largest absolute Gasteiger partial charge is 0.494 e. The van der Waals surface area contributed by atoms with Gasteiger partial charge in [-0.3, -0.25) is 0 Å². The van der Waals surface area contributed by atoms with Gasteiger partial charge in [-0.1, -0.05) is 60.3 Å². The summed E-state index contributed by atoms with van der Waals surface area (Å²) in [6.45, 7) is 5.75. The van der Waals surface area contributed by atoms with Crippen molar-refractivity contribution >= 4 is 46.4 Å². The number of benzene rings is 1. The second-order valence-corrected chi connectivity index (χ2v) is 3.93. The number of halogens is 4.